The molecule has 4 rings (SSSR count). The zero-order chi connectivity index (χ0) is 23.0. The number of carbonyl (C=O) groups is 1. The Labute approximate surface area is 191 Å². The van der Waals surface area contributed by atoms with E-state index in [2.05, 4.69) is 10.1 Å². The minimum atomic E-state index is -4.51. The number of aryl methyl sites for hydroxylation is 1. The highest BCUT2D eigenvalue weighted by Gasteiger charge is 2.37. The highest BCUT2D eigenvalue weighted by atomic mass is 35.5. The molecule has 1 aliphatic heterocycles. The summed E-state index contributed by atoms with van der Waals surface area (Å²) in [5.41, 5.74) is 0.0418. The summed E-state index contributed by atoms with van der Waals surface area (Å²) in [6.45, 7) is 2.39. The van der Waals surface area contributed by atoms with E-state index in [1.54, 1.807) is 30.0 Å². The fourth-order valence-corrected chi connectivity index (χ4v) is 4.24. The van der Waals surface area contributed by atoms with Gasteiger partial charge in [0.25, 0.3) is 5.91 Å². The summed E-state index contributed by atoms with van der Waals surface area (Å²) in [6, 6.07) is 7.19. The van der Waals surface area contributed by atoms with Gasteiger partial charge in [-0.3, -0.25) is 4.79 Å². The SMILES string of the molecule is Cc1onc(-c2c(Cl)cccc2Cl)c1C(=O)N1CCN(c2ncccc2C(F)(F)F)CC1. The summed E-state index contributed by atoms with van der Waals surface area (Å²) >= 11 is 12.6. The third kappa shape index (κ3) is 4.14. The van der Waals surface area contributed by atoms with Crippen LogP contribution in [0.4, 0.5) is 19.0 Å². The van der Waals surface area contributed by atoms with E-state index in [9.17, 15) is 18.0 Å². The Balaban J connectivity index is 1.57. The number of rotatable bonds is 3. The van der Waals surface area contributed by atoms with Gasteiger partial charge in [0.1, 0.15) is 22.8 Å². The Kier molecular flexibility index (Phi) is 6.05. The van der Waals surface area contributed by atoms with Crippen LogP contribution in [0.2, 0.25) is 10.0 Å². The number of alkyl halides is 3. The highest BCUT2D eigenvalue weighted by Crippen LogP contribution is 2.38. The lowest BCUT2D eigenvalue weighted by Gasteiger charge is -2.36. The van der Waals surface area contributed by atoms with Gasteiger partial charge in [-0.1, -0.05) is 34.4 Å². The van der Waals surface area contributed by atoms with Gasteiger partial charge in [-0.15, -0.1) is 0 Å². The van der Waals surface area contributed by atoms with Crippen molar-refractivity contribution in [3.8, 4) is 11.3 Å². The Morgan fingerprint density at radius 3 is 2.34 bits per heavy atom. The van der Waals surface area contributed by atoms with Crippen LogP contribution in [-0.4, -0.2) is 47.1 Å². The monoisotopic (exact) mass is 484 g/mol. The Morgan fingerprint density at radius 2 is 1.72 bits per heavy atom. The summed E-state index contributed by atoms with van der Waals surface area (Å²) in [4.78, 5) is 20.3. The van der Waals surface area contributed by atoms with E-state index in [-0.39, 0.29) is 49.2 Å². The third-order valence-corrected chi connectivity index (χ3v) is 5.86. The van der Waals surface area contributed by atoms with E-state index < -0.39 is 11.7 Å². The molecule has 1 saturated heterocycles. The van der Waals surface area contributed by atoms with Gasteiger partial charge in [0.2, 0.25) is 0 Å². The number of benzene rings is 1. The number of hydrogen-bond donors (Lipinski definition) is 0. The number of halogens is 5. The van der Waals surface area contributed by atoms with Crippen molar-refractivity contribution >= 4 is 34.9 Å². The van der Waals surface area contributed by atoms with E-state index in [1.807, 2.05) is 0 Å². The van der Waals surface area contributed by atoms with Crippen LogP contribution in [0.15, 0.2) is 41.1 Å². The molecule has 1 amide bonds. The number of piperazine rings is 1. The van der Waals surface area contributed by atoms with Crippen LogP contribution in [0, 0.1) is 6.92 Å². The molecule has 0 spiro atoms. The average Bonchev–Trinajstić information content (AvgIpc) is 3.13. The van der Waals surface area contributed by atoms with Crippen molar-refractivity contribution in [3.05, 3.63) is 63.5 Å². The molecule has 0 saturated carbocycles. The molecule has 11 heteroatoms. The Bertz CT molecular complexity index is 1140. The molecule has 3 aromatic rings. The van der Waals surface area contributed by atoms with Crippen molar-refractivity contribution in [3.63, 3.8) is 0 Å². The summed E-state index contributed by atoms with van der Waals surface area (Å²) in [5.74, 6) is -0.198. The van der Waals surface area contributed by atoms with E-state index in [0.29, 0.717) is 21.4 Å². The molecular weight excluding hydrogens is 468 g/mol. The fraction of sp³-hybridized carbons (Fsp3) is 0.286. The van der Waals surface area contributed by atoms with Crippen LogP contribution in [0.3, 0.4) is 0 Å². The van der Waals surface area contributed by atoms with Crippen molar-refractivity contribution in [2.75, 3.05) is 31.1 Å². The van der Waals surface area contributed by atoms with E-state index in [4.69, 9.17) is 27.7 Å². The van der Waals surface area contributed by atoms with E-state index in [1.165, 1.54) is 17.2 Å². The first-order valence-electron chi connectivity index (χ1n) is 9.65. The normalized spacial score (nSPS) is 14.7. The fourth-order valence-electron chi connectivity index (χ4n) is 3.67. The van der Waals surface area contributed by atoms with Gasteiger partial charge in [-0.2, -0.15) is 13.2 Å². The molecule has 0 aliphatic carbocycles. The van der Waals surface area contributed by atoms with Gasteiger partial charge in [0, 0.05) is 37.9 Å². The predicted molar refractivity (Wildman–Crippen MR) is 114 cm³/mol. The Hall–Kier alpha value is -2.78. The molecule has 0 bridgehead atoms. The van der Waals surface area contributed by atoms with Crippen LogP contribution in [0.1, 0.15) is 21.7 Å². The van der Waals surface area contributed by atoms with Crippen molar-refractivity contribution in [2.45, 2.75) is 13.1 Å². The number of aromatic nitrogens is 2. The zero-order valence-electron chi connectivity index (χ0n) is 16.8. The number of amides is 1. The van der Waals surface area contributed by atoms with Crippen LogP contribution in [-0.2, 0) is 6.18 Å². The van der Waals surface area contributed by atoms with Crippen LogP contribution >= 0.6 is 23.2 Å². The van der Waals surface area contributed by atoms with Gasteiger partial charge in [-0.05, 0) is 31.2 Å². The first-order chi connectivity index (χ1) is 15.2. The first-order valence-corrected chi connectivity index (χ1v) is 10.4. The standard InChI is InChI=1S/C21H17Cl2F3N4O2/c1-12-16(18(28-32-12)17-14(22)5-2-6-15(17)23)20(31)30-10-8-29(9-11-30)19-13(21(24,25)26)4-3-7-27-19/h2-7H,8-11H2,1H3. The first kappa shape index (κ1) is 22.4. The minimum Gasteiger partial charge on any atom is -0.360 e. The highest BCUT2D eigenvalue weighted by molar-refractivity contribution is 6.39. The molecule has 0 unspecified atom stereocenters. The summed E-state index contributed by atoms with van der Waals surface area (Å²) in [6.07, 6.45) is -3.19. The number of hydrogen-bond acceptors (Lipinski definition) is 5. The second-order valence-electron chi connectivity index (χ2n) is 7.21. The summed E-state index contributed by atoms with van der Waals surface area (Å²) in [5, 5.41) is 4.63. The van der Waals surface area contributed by atoms with E-state index >= 15 is 0 Å². The van der Waals surface area contributed by atoms with Crippen molar-refractivity contribution in [2.24, 2.45) is 0 Å². The summed E-state index contributed by atoms with van der Waals surface area (Å²) in [7, 11) is 0. The molecule has 168 valence electrons. The average molecular weight is 485 g/mol. The maximum Gasteiger partial charge on any atom is 0.419 e. The molecular formula is C21H17Cl2F3N4O2. The lowest BCUT2D eigenvalue weighted by atomic mass is 10.0. The van der Waals surface area contributed by atoms with Crippen molar-refractivity contribution in [1.82, 2.24) is 15.0 Å². The summed E-state index contributed by atoms with van der Waals surface area (Å²) < 4.78 is 45.3. The maximum absolute atomic E-state index is 13.3. The molecule has 1 aliphatic rings. The lowest BCUT2D eigenvalue weighted by Crippen LogP contribution is -2.49. The number of pyridine rings is 1. The second kappa shape index (κ2) is 8.63. The largest absolute Gasteiger partial charge is 0.419 e. The molecule has 3 heterocycles. The molecule has 0 N–H and O–H groups in total. The van der Waals surface area contributed by atoms with Gasteiger partial charge in [0.05, 0.1) is 15.6 Å². The van der Waals surface area contributed by atoms with Crippen LogP contribution in [0.5, 0.6) is 0 Å². The predicted octanol–water partition coefficient (Wildman–Crippen LogP) is 5.33. The molecule has 2 aromatic heterocycles. The van der Waals surface area contributed by atoms with E-state index in [0.717, 1.165) is 6.07 Å². The molecule has 32 heavy (non-hydrogen) atoms. The molecule has 1 aromatic carbocycles. The smallest absolute Gasteiger partial charge is 0.360 e. The lowest BCUT2D eigenvalue weighted by molar-refractivity contribution is -0.137. The van der Waals surface area contributed by atoms with Crippen LogP contribution in [0.25, 0.3) is 11.3 Å². The van der Waals surface area contributed by atoms with Gasteiger partial charge >= 0.3 is 6.18 Å². The third-order valence-electron chi connectivity index (χ3n) is 5.23. The number of carbonyl (C=O) groups excluding carboxylic acids is 1. The number of anilines is 1. The molecule has 1 fully saturated rings. The molecule has 0 atom stereocenters. The van der Waals surface area contributed by atoms with Crippen LogP contribution < -0.4 is 4.90 Å². The second-order valence-corrected chi connectivity index (χ2v) is 8.03. The quantitative estimate of drug-likeness (QED) is 0.502. The number of nitrogens with zero attached hydrogens (tertiary/aromatic N) is 4. The van der Waals surface area contributed by atoms with Crippen molar-refractivity contribution in [1.29, 1.82) is 0 Å². The van der Waals surface area contributed by atoms with Gasteiger partial charge < -0.3 is 14.3 Å². The zero-order valence-corrected chi connectivity index (χ0v) is 18.3. The van der Waals surface area contributed by atoms with Gasteiger partial charge in [-0.25, -0.2) is 4.98 Å². The van der Waals surface area contributed by atoms with Crippen molar-refractivity contribution < 1.29 is 22.5 Å². The molecule has 6 nitrogen and oxygen atoms in total. The maximum atomic E-state index is 13.3. The topological polar surface area (TPSA) is 62.5 Å². The molecule has 0 radical (unpaired) electrons. The van der Waals surface area contributed by atoms with Gasteiger partial charge in [0.15, 0.2) is 0 Å². The Morgan fingerprint density at radius 1 is 1.06 bits per heavy atom. The minimum absolute atomic E-state index is 0.142.